The summed E-state index contributed by atoms with van der Waals surface area (Å²) in [6.07, 6.45) is 4.20. The van der Waals surface area contributed by atoms with Crippen molar-refractivity contribution >= 4 is 21.6 Å². The van der Waals surface area contributed by atoms with E-state index >= 15 is 0 Å². The molecule has 0 atom stereocenters. The Morgan fingerprint density at radius 3 is 2.23 bits per heavy atom. The third kappa shape index (κ3) is 4.54. The molecule has 10 heteroatoms. The minimum absolute atomic E-state index is 0.0309. The van der Waals surface area contributed by atoms with Crippen molar-refractivity contribution in [3.63, 3.8) is 0 Å². The Hall–Kier alpha value is -2.59. The number of hydrogen-bond acceptors (Lipinski definition) is 5. The lowest BCUT2D eigenvalue weighted by Gasteiger charge is -2.39. The van der Waals surface area contributed by atoms with Gasteiger partial charge in [-0.1, -0.05) is 0 Å². The van der Waals surface area contributed by atoms with E-state index in [1.807, 2.05) is 17.0 Å². The molecule has 0 aliphatic carbocycles. The molecule has 0 radical (unpaired) electrons. The molecule has 7 nitrogen and oxygen atoms in total. The Morgan fingerprint density at radius 2 is 1.58 bits per heavy atom. The number of pyridine rings is 1. The largest absolute Gasteiger partial charge is 0.368 e. The van der Waals surface area contributed by atoms with Crippen LogP contribution in [-0.2, 0) is 14.8 Å². The van der Waals surface area contributed by atoms with E-state index in [1.54, 1.807) is 12.4 Å². The normalized spacial score (nSPS) is 18.9. The van der Waals surface area contributed by atoms with Crippen molar-refractivity contribution in [2.45, 2.75) is 17.7 Å². The van der Waals surface area contributed by atoms with Gasteiger partial charge in [-0.2, -0.15) is 4.31 Å². The molecule has 0 spiro atoms. The molecule has 2 saturated heterocycles. The zero-order valence-corrected chi connectivity index (χ0v) is 17.8. The molecular weight excluding hydrogens is 426 g/mol. The number of anilines is 1. The second-order valence-corrected chi connectivity index (χ2v) is 9.68. The average Bonchev–Trinajstić information content (AvgIpc) is 2.81. The van der Waals surface area contributed by atoms with Crippen LogP contribution in [0.2, 0.25) is 0 Å². The number of hydrogen-bond donors (Lipinski definition) is 0. The van der Waals surface area contributed by atoms with Gasteiger partial charge in [-0.15, -0.1) is 0 Å². The summed E-state index contributed by atoms with van der Waals surface area (Å²) in [6.45, 7) is 2.86. The van der Waals surface area contributed by atoms with Crippen molar-refractivity contribution in [2.24, 2.45) is 5.92 Å². The fourth-order valence-corrected chi connectivity index (χ4v) is 5.70. The van der Waals surface area contributed by atoms with Gasteiger partial charge in [-0.25, -0.2) is 17.2 Å². The lowest BCUT2D eigenvalue weighted by molar-refractivity contribution is -0.137. The predicted molar refractivity (Wildman–Crippen MR) is 111 cm³/mol. The summed E-state index contributed by atoms with van der Waals surface area (Å²) in [7, 11) is -4.15. The highest BCUT2D eigenvalue weighted by Crippen LogP contribution is 2.27. The summed E-state index contributed by atoms with van der Waals surface area (Å²) < 4.78 is 54.0. The molecule has 2 aliphatic heterocycles. The van der Waals surface area contributed by atoms with Crippen LogP contribution in [0.1, 0.15) is 12.8 Å². The summed E-state index contributed by atoms with van der Waals surface area (Å²) in [5.41, 5.74) is 1.07. The van der Waals surface area contributed by atoms with Crippen molar-refractivity contribution in [3.8, 4) is 0 Å². The molecule has 4 rings (SSSR count). The first-order chi connectivity index (χ1) is 14.9. The summed E-state index contributed by atoms with van der Waals surface area (Å²) in [5, 5.41) is 0. The van der Waals surface area contributed by atoms with Gasteiger partial charge >= 0.3 is 0 Å². The Kier molecular flexibility index (Phi) is 6.19. The van der Waals surface area contributed by atoms with Gasteiger partial charge in [-0.3, -0.25) is 9.78 Å². The lowest BCUT2D eigenvalue weighted by Crippen LogP contribution is -2.52. The molecule has 0 unspecified atom stereocenters. The molecule has 3 heterocycles. The smallest absolute Gasteiger partial charge is 0.246 e. The molecular formula is C21H24F2N4O3S. The van der Waals surface area contributed by atoms with E-state index in [9.17, 15) is 22.0 Å². The number of nitrogens with zero attached hydrogens (tertiary/aromatic N) is 4. The van der Waals surface area contributed by atoms with E-state index in [1.165, 1.54) is 0 Å². The van der Waals surface area contributed by atoms with E-state index in [0.717, 1.165) is 35.2 Å². The van der Waals surface area contributed by atoms with Crippen LogP contribution in [-0.4, -0.2) is 67.8 Å². The highest BCUT2D eigenvalue weighted by Gasteiger charge is 2.35. The van der Waals surface area contributed by atoms with Crippen molar-refractivity contribution < 1.29 is 22.0 Å². The first kappa shape index (κ1) is 21.6. The zero-order chi connectivity index (χ0) is 22.0. The van der Waals surface area contributed by atoms with E-state index in [4.69, 9.17) is 0 Å². The fraction of sp³-hybridized carbons (Fsp3) is 0.429. The minimum Gasteiger partial charge on any atom is -0.368 e. The van der Waals surface area contributed by atoms with Gasteiger partial charge < -0.3 is 9.80 Å². The van der Waals surface area contributed by atoms with Crippen LogP contribution >= 0.6 is 0 Å². The Morgan fingerprint density at radius 1 is 0.935 bits per heavy atom. The zero-order valence-electron chi connectivity index (χ0n) is 17.0. The number of sulfonamides is 1. The Balaban J connectivity index is 1.34. The molecule has 1 amide bonds. The van der Waals surface area contributed by atoms with Crippen LogP contribution in [0, 0.1) is 17.6 Å². The first-order valence-electron chi connectivity index (χ1n) is 10.3. The van der Waals surface area contributed by atoms with Gasteiger partial charge in [-0.05, 0) is 43.2 Å². The van der Waals surface area contributed by atoms with Crippen LogP contribution < -0.4 is 4.90 Å². The highest BCUT2D eigenvalue weighted by molar-refractivity contribution is 7.89. The lowest BCUT2D eigenvalue weighted by atomic mass is 9.96. The SMILES string of the molecule is O=C(C1CCN(S(=O)(=O)c2cc(F)ccc2F)CC1)N1CCN(c2ccncc2)CC1. The second-order valence-electron chi connectivity index (χ2n) is 7.77. The number of aromatic nitrogens is 1. The van der Waals surface area contributed by atoms with Crippen molar-refractivity contribution in [3.05, 3.63) is 54.4 Å². The van der Waals surface area contributed by atoms with Gasteiger partial charge in [0.1, 0.15) is 16.5 Å². The number of amides is 1. The molecule has 2 aliphatic rings. The van der Waals surface area contributed by atoms with Gasteiger partial charge in [0.05, 0.1) is 0 Å². The summed E-state index contributed by atoms with van der Waals surface area (Å²) in [6, 6.07) is 6.27. The van der Waals surface area contributed by atoms with Crippen molar-refractivity contribution in [1.29, 1.82) is 0 Å². The van der Waals surface area contributed by atoms with E-state index < -0.39 is 26.6 Å². The standard InChI is InChI=1S/C21H24F2N4O3S/c22-17-1-2-19(23)20(15-17)31(29,30)27-9-5-16(6-10-27)21(28)26-13-11-25(12-14-26)18-3-7-24-8-4-18/h1-4,7-8,15-16H,5-6,9-14H2. The molecule has 31 heavy (non-hydrogen) atoms. The molecule has 1 aromatic carbocycles. The Labute approximate surface area is 180 Å². The summed E-state index contributed by atoms with van der Waals surface area (Å²) in [4.78, 5) is 20.3. The van der Waals surface area contributed by atoms with Crippen LogP contribution in [0.25, 0.3) is 0 Å². The van der Waals surface area contributed by atoms with Crippen LogP contribution in [0.5, 0.6) is 0 Å². The molecule has 2 aromatic rings. The van der Waals surface area contributed by atoms with Gasteiger partial charge in [0.15, 0.2) is 0 Å². The monoisotopic (exact) mass is 450 g/mol. The predicted octanol–water partition coefficient (Wildman–Crippen LogP) is 2.11. The maximum atomic E-state index is 14.0. The third-order valence-electron chi connectivity index (χ3n) is 5.93. The van der Waals surface area contributed by atoms with E-state index in [0.29, 0.717) is 32.0 Å². The number of carbonyl (C=O) groups is 1. The first-order valence-corrected chi connectivity index (χ1v) is 11.7. The molecule has 0 N–H and O–H groups in total. The van der Waals surface area contributed by atoms with Crippen LogP contribution in [0.4, 0.5) is 14.5 Å². The second kappa shape index (κ2) is 8.88. The maximum absolute atomic E-state index is 14.0. The number of piperazine rings is 1. The topological polar surface area (TPSA) is 73.8 Å². The molecule has 166 valence electrons. The van der Waals surface area contributed by atoms with E-state index in [-0.39, 0.29) is 24.9 Å². The number of rotatable bonds is 4. The quantitative estimate of drug-likeness (QED) is 0.714. The van der Waals surface area contributed by atoms with Gasteiger partial charge in [0.2, 0.25) is 15.9 Å². The number of halogens is 2. The third-order valence-corrected chi connectivity index (χ3v) is 7.85. The van der Waals surface area contributed by atoms with E-state index in [2.05, 4.69) is 9.88 Å². The average molecular weight is 451 g/mol. The number of benzene rings is 1. The summed E-state index contributed by atoms with van der Waals surface area (Å²) >= 11 is 0. The van der Waals surface area contributed by atoms with Gasteiger partial charge in [0, 0.05) is 63.3 Å². The molecule has 2 fully saturated rings. The molecule has 1 aromatic heterocycles. The van der Waals surface area contributed by atoms with Crippen molar-refractivity contribution in [1.82, 2.24) is 14.2 Å². The van der Waals surface area contributed by atoms with Crippen molar-refractivity contribution in [2.75, 3.05) is 44.2 Å². The minimum atomic E-state index is -4.15. The number of carbonyl (C=O) groups excluding carboxylic acids is 1. The van der Waals surface area contributed by atoms with Crippen LogP contribution in [0.3, 0.4) is 0 Å². The maximum Gasteiger partial charge on any atom is 0.246 e. The number of piperidine rings is 1. The summed E-state index contributed by atoms with van der Waals surface area (Å²) in [5.74, 6) is -2.03. The molecule has 0 saturated carbocycles. The van der Waals surface area contributed by atoms with Crippen LogP contribution in [0.15, 0.2) is 47.6 Å². The fourth-order valence-electron chi connectivity index (χ4n) is 4.16. The molecule has 0 bridgehead atoms. The Bertz CT molecular complexity index is 1040. The highest BCUT2D eigenvalue weighted by atomic mass is 32.2. The van der Waals surface area contributed by atoms with Gasteiger partial charge in [0.25, 0.3) is 0 Å².